The highest BCUT2D eigenvalue weighted by Gasteiger charge is 2.29. The summed E-state index contributed by atoms with van der Waals surface area (Å²) in [6, 6.07) is 4.44. The van der Waals surface area contributed by atoms with E-state index in [4.69, 9.17) is 16.3 Å². The largest absolute Gasteiger partial charge is 0.475 e. The van der Waals surface area contributed by atoms with Gasteiger partial charge in [-0.25, -0.2) is 14.4 Å². The van der Waals surface area contributed by atoms with E-state index in [-0.39, 0.29) is 29.7 Å². The van der Waals surface area contributed by atoms with E-state index in [2.05, 4.69) is 25.9 Å². The molecule has 108 valence electrons. The van der Waals surface area contributed by atoms with Crippen LogP contribution >= 0.6 is 27.5 Å². The van der Waals surface area contributed by atoms with Crippen LogP contribution in [0.5, 0.6) is 5.88 Å². The van der Waals surface area contributed by atoms with Crippen LogP contribution in [0.4, 0.5) is 10.1 Å². The van der Waals surface area contributed by atoms with Gasteiger partial charge in [-0.05, 0) is 34.1 Å². The van der Waals surface area contributed by atoms with Gasteiger partial charge in [-0.2, -0.15) is 0 Å². The number of fused-ring (bicyclic) bond motifs is 1. The van der Waals surface area contributed by atoms with Crippen molar-refractivity contribution in [2.24, 2.45) is 0 Å². The number of amides is 1. The van der Waals surface area contributed by atoms with Crippen molar-refractivity contribution in [2.75, 3.05) is 18.1 Å². The number of anilines is 1. The van der Waals surface area contributed by atoms with Gasteiger partial charge in [0.05, 0.1) is 11.0 Å². The Balaban J connectivity index is 2.06. The number of rotatable bonds is 1. The predicted molar refractivity (Wildman–Crippen MR) is 78.3 cm³/mol. The molecule has 0 N–H and O–H groups in total. The summed E-state index contributed by atoms with van der Waals surface area (Å²) in [6.45, 7) is 0.482. The van der Waals surface area contributed by atoms with E-state index in [1.807, 2.05) is 0 Å². The van der Waals surface area contributed by atoms with Crippen LogP contribution < -0.4 is 9.64 Å². The van der Waals surface area contributed by atoms with Crippen molar-refractivity contribution in [1.82, 2.24) is 9.97 Å². The molecular formula is C13H8BrClFN3O2. The zero-order chi connectivity index (χ0) is 15.0. The summed E-state index contributed by atoms with van der Waals surface area (Å²) in [7, 11) is 0. The van der Waals surface area contributed by atoms with E-state index in [1.165, 1.54) is 23.4 Å². The smallest absolute Gasteiger partial charge is 0.267 e. The third-order valence-corrected chi connectivity index (χ3v) is 3.92. The van der Waals surface area contributed by atoms with Crippen LogP contribution in [-0.2, 0) is 0 Å². The minimum Gasteiger partial charge on any atom is -0.475 e. The number of carbonyl (C=O) groups excluding carboxylic acids is 1. The number of hydrogen-bond acceptors (Lipinski definition) is 4. The van der Waals surface area contributed by atoms with Crippen LogP contribution in [0, 0.1) is 5.82 Å². The Morgan fingerprint density at radius 3 is 2.95 bits per heavy atom. The molecule has 1 aliphatic heterocycles. The molecule has 3 rings (SSSR count). The summed E-state index contributed by atoms with van der Waals surface area (Å²) in [6.07, 6.45) is 1.23. The summed E-state index contributed by atoms with van der Waals surface area (Å²) in [5.41, 5.74) is 0.497. The maximum absolute atomic E-state index is 13.7. The van der Waals surface area contributed by atoms with Gasteiger partial charge < -0.3 is 9.64 Å². The average molecular weight is 373 g/mol. The third kappa shape index (κ3) is 2.58. The van der Waals surface area contributed by atoms with Gasteiger partial charge in [0.15, 0.2) is 0 Å². The van der Waals surface area contributed by atoms with Crippen LogP contribution in [-0.4, -0.2) is 29.0 Å². The van der Waals surface area contributed by atoms with Crippen molar-refractivity contribution in [3.05, 3.63) is 45.5 Å². The molecule has 1 aliphatic rings. The number of benzene rings is 1. The number of aromatic nitrogens is 2. The maximum atomic E-state index is 13.7. The molecular weight excluding hydrogens is 365 g/mol. The van der Waals surface area contributed by atoms with E-state index in [0.717, 1.165) is 0 Å². The van der Waals surface area contributed by atoms with Crippen LogP contribution in [0.15, 0.2) is 29.0 Å². The summed E-state index contributed by atoms with van der Waals surface area (Å²) in [5.74, 6) is -0.740. The highest BCUT2D eigenvalue weighted by molar-refractivity contribution is 9.10. The molecule has 0 unspecified atom stereocenters. The Morgan fingerprint density at radius 1 is 1.38 bits per heavy atom. The monoisotopic (exact) mass is 371 g/mol. The van der Waals surface area contributed by atoms with E-state index in [0.29, 0.717) is 10.2 Å². The quantitative estimate of drug-likeness (QED) is 0.722. The Morgan fingerprint density at radius 2 is 2.19 bits per heavy atom. The highest BCUT2D eigenvalue weighted by Crippen LogP contribution is 2.29. The van der Waals surface area contributed by atoms with Gasteiger partial charge in [0, 0.05) is 5.69 Å². The molecule has 8 heteroatoms. The molecule has 0 saturated heterocycles. The van der Waals surface area contributed by atoms with Crippen molar-refractivity contribution in [3.8, 4) is 5.88 Å². The molecule has 1 aromatic heterocycles. The van der Waals surface area contributed by atoms with Crippen LogP contribution in [0.2, 0.25) is 5.15 Å². The van der Waals surface area contributed by atoms with Gasteiger partial charge in [0.1, 0.15) is 29.5 Å². The average Bonchev–Trinajstić information content (AvgIpc) is 2.62. The Hall–Kier alpha value is -1.73. The molecule has 1 aromatic carbocycles. The minimum absolute atomic E-state index is 0.00878. The normalized spacial score (nSPS) is 14.4. The summed E-state index contributed by atoms with van der Waals surface area (Å²) in [4.78, 5) is 21.7. The maximum Gasteiger partial charge on any atom is 0.267 e. The number of carbonyl (C=O) groups is 1. The second-order valence-corrected chi connectivity index (χ2v) is 5.46. The van der Waals surface area contributed by atoms with Gasteiger partial charge in [0.25, 0.3) is 5.91 Å². The number of hydrogen-bond donors (Lipinski definition) is 0. The first-order chi connectivity index (χ1) is 10.1. The molecule has 0 bridgehead atoms. The predicted octanol–water partition coefficient (Wildman–Crippen LogP) is 3.07. The summed E-state index contributed by atoms with van der Waals surface area (Å²) < 4.78 is 19.4. The molecule has 5 nitrogen and oxygen atoms in total. The molecule has 0 fully saturated rings. The van der Waals surface area contributed by atoms with Gasteiger partial charge in [-0.1, -0.05) is 11.6 Å². The Kier molecular flexibility index (Phi) is 3.77. The van der Waals surface area contributed by atoms with Crippen LogP contribution in [0.3, 0.4) is 0 Å². The van der Waals surface area contributed by atoms with Gasteiger partial charge >= 0.3 is 0 Å². The van der Waals surface area contributed by atoms with Crippen LogP contribution in [0.25, 0.3) is 0 Å². The lowest BCUT2D eigenvalue weighted by atomic mass is 10.2. The van der Waals surface area contributed by atoms with Crippen molar-refractivity contribution in [2.45, 2.75) is 0 Å². The van der Waals surface area contributed by atoms with E-state index in [9.17, 15) is 9.18 Å². The van der Waals surface area contributed by atoms with Crippen molar-refractivity contribution >= 4 is 39.1 Å². The lowest BCUT2D eigenvalue weighted by Gasteiger charge is -2.20. The summed E-state index contributed by atoms with van der Waals surface area (Å²) >= 11 is 9.04. The first-order valence-electron chi connectivity index (χ1n) is 5.98. The molecule has 2 heterocycles. The molecule has 0 saturated carbocycles. The fourth-order valence-corrected chi connectivity index (χ4v) is 2.46. The lowest BCUT2D eigenvalue weighted by molar-refractivity contribution is 0.0989. The molecule has 21 heavy (non-hydrogen) atoms. The van der Waals surface area contributed by atoms with E-state index in [1.54, 1.807) is 6.07 Å². The van der Waals surface area contributed by atoms with Gasteiger partial charge in [-0.3, -0.25) is 4.79 Å². The fourth-order valence-electron chi connectivity index (χ4n) is 2.01. The minimum atomic E-state index is -0.457. The Labute approximate surface area is 132 Å². The molecule has 0 radical (unpaired) electrons. The first-order valence-corrected chi connectivity index (χ1v) is 7.15. The number of nitrogens with zero attached hydrogens (tertiary/aromatic N) is 3. The zero-order valence-electron chi connectivity index (χ0n) is 10.5. The highest BCUT2D eigenvalue weighted by atomic mass is 79.9. The first kappa shape index (κ1) is 14.2. The molecule has 0 spiro atoms. The SMILES string of the molecule is O=C1c2c(Cl)ncnc2OCCN1c1ccc(Br)c(F)c1. The summed E-state index contributed by atoms with van der Waals surface area (Å²) in [5, 5.41) is 0.00878. The molecule has 2 aromatic rings. The molecule has 1 amide bonds. The molecule has 0 atom stereocenters. The standard InChI is InChI=1S/C13H8BrClFN3O2/c14-8-2-1-7(5-9(8)16)19-3-4-21-12-10(13(19)20)11(15)17-6-18-12/h1-2,5-6H,3-4H2. The second-order valence-electron chi connectivity index (χ2n) is 4.25. The van der Waals surface area contributed by atoms with Crippen molar-refractivity contribution in [3.63, 3.8) is 0 Å². The van der Waals surface area contributed by atoms with E-state index >= 15 is 0 Å². The Bertz CT molecular complexity index is 729. The lowest BCUT2D eigenvalue weighted by Crippen LogP contribution is -2.32. The number of ether oxygens (including phenoxy) is 1. The van der Waals surface area contributed by atoms with Crippen molar-refractivity contribution < 1.29 is 13.9 Å². The van der Waals surface area contributed by atoms with Crippen LogP contribution in [0.1, 0.15) is 10.4 Å². The van der Waals surface area contributed by atoms with Gasteiger partial charge in [-0.15, -0.1) is 0 Å². The topological polar surface area (TPSA) is 55.3 Å². The van der Waals surface area contributed by atoms with E-state index < -0.39 is 11.7 Å². The van der Waals surface area contributed by atoms with Crippen molar-refractivity contribution in [1.29, 1.82) is 0 Å². The third-order valence-electron chi connectivity index (χ3n) is 2.99. The van der Waals surface area contributed by atoms with Gasteiger partial charge in [0.2, 0.25) is 5.88 Å². The molecule has 0 aliphatic carbocycles. The zero-order valence-corrected chi connectivity index (χ0v) is 12.9. The second kappa shape index (κ2) is 5.57. The fraction of sp³-hybridized carbons (Fsp3) is 0.154. The number of halogens is 3.